The van der Waals surface area contributed by atoms with Crippen molar-refractivity contribution in [2.75, 3.05) is 0 Å². The number of aromatic nitrogens is 2. The Balaban J connectivity index is 2.07. The van der Waals surface area contributed by atoms with Gasteiger partial charge in [-0.05, 0) is 44.0 Å². The van der Waals surface area contributed by atoms with Gasteiger partial charge in [-0.25, -0.2) is 4.68 Å². The van der Waals surface area contributed by atoms with Crippen LogP contribution in [0, 0.1) is 20.8 Å². The lowest BCUT2D eigenvalue weighted by atomic mass is 10.0. The van der Waals surface area contributed by atoms with Crippen molar-refractivity contribution in [2.45, 2.75) is 27.3 Å². The molecule has 1 heterocycles. The molecule has 0 amide bonds. The van der Waals surface area contributed by atoms with Gasteiger partial charge in [0.2, 0.25) is 0 Å². The van der Waals surface area contributed by atoms with Crippen LogP contribution >= 0.6 is 0 Å². The van der Waals surface area contributed by atoms with E-state index in [0.29, 0.717) is 6.54 Å². The molecule has 0 spiro atoms. The molecule has 0 atom stereocenters. The zero-order chi connectivity index (χ0) is 15.7. The normalized spacial score (nSPS) is 10.9. The van der Waals surface area contributed by atoms with Gasteiger partial charge in [-0.1, -0.05) is 42.0 Å². The third-order valence-corrected chi connectivity index (χ3v) is 4.05. The van der Waals surface area contributed by atoms with Crippen LogP contribution in [0.5, 0.6) is 0 Å². The van der Waals surface area contributed by atoms with E-state index in [1.165, 1.54) is 16.7 Å². The Morgan fingerprint density at radius 1 is 0.909 bits per heavy atom. The Morgan fingerprint density at radius 3 is 2.14 bits per heavy atom. The van der Waals surface area contributed by atoms with Gasteiger partial charge in [-0.3, -0.25) is 0 Å². The van der Waals surface area contributed by atoms with E-state index in [1.54, 1.807) is 0 Å². The van der Waals surface area contributed by atoms with Crippen LogP contribution in [-0.4, -0.2) is 9.78 Å². The molecule has 0 aliphatic carbocycles. The molecule has 3 aromatic rings. The van der Waals surface area contributed by atoms with E-state index in [2.05, 4.69) is 69.3 Å². The van der Waals surface area contributed by atoms with E-state index in [0.717, 1.165) is 22.6 Å². The predicted molar refractivity (Wildman–Crippen MR) is 91.1 cm³/mol. The van der Waals surface area contributed by atoms with Gasteiger partial charge >= 0.3 is 0 Å². The lowest BCUT2D eigenvalue weighted by molar-refractivity contribution is 0.832. The Morgan fingerprint density at radius 2 is 1.55 bits per heavy atom. The van der Waals surface area contributed by atoms with Crippen molar-refractivity contribution in [3.63, 3.8) is 0 Å². The smallest absolute Gasteiger partial charge is 0.0679 e. The summed E-state index contributed by atoms with van der Waals surface area (Å²) in [5, 5.41) is 4.72. The largest absolute Gasteiger partial charge is 0.326 e. The van der Waals surface area contributed by atoms with Crippen LogP contribution in [0.2, 0.25) is 0 Å². The fourth-order valence-corrected chi connectivity index (χ4v) is 2.81. The molecule has 3 nitrogen and oxygen atoms in total. The molecule has 0 aliphatic heterocycles. The number of rotatable bonds is 3. The van der Waals surface area contributed by atoms with Crippen LogP contribution < -0.4 is 5.73 Å². The van der Waals surface area contributed by atoms with E-state index >= 15 is 0 Å². The minimum absolute atomic E-state index is 0.562. The maximum atomic E-state index is 5.66. The summed E-state index contributed by atoms with van der Waals surface area (Å²) >= 11 is 0. The molecule has 0 saturated heterocycles. The minimum Gasteiger partial charge on any atom is -0.326 e. The molecule has 0 saturated carbocycles. The summed E-state index contributed by atoms with van der Waals surface area (Å²) in [6, 6.07) is 16.8. The summed E-state index contributed by atoms with van der Waals surface area (Å²) in [6.45, 7) is 6.84. The van der Waals surface area contributed by atoms with Crippen molar-refractivity contribution in [1.82, 2.24) is 9.78 Å². The van der Waals surface area contributed by atoms with Gasteiger partial charge in [-0.15, -0.1) is 0 Å². The predicted octanol–water partition coefficient (Wildman–Crippen LogP) is 3.92. The summed E-state index contributed by atoms with van der Waals surface area (Å²) in [7, 11) is 0. The molecule has 0 unspecified atom stereocenters. The number of hydrogen-bond donors (Lipinski definition) is 1. The van der Waals surface area contributed by atoms with Crippen LogP contribution in [0.1, 0.15) is 22.5 Å². The molecule has 22 heavy (non-hydrogen) atoms. The van der Waals surface area contributed by atoms with E-state index < -0.39 is 0 Å². The van der Waals surface area contributed by atoms with Crippen molar-refractivity contribution in [2.24, 2.45) is 5.73 Å². The molecule has 0 radical (unpaired) electrons. The minimum atomic E-state index is 0.562. The van der Waals surface area contributed by atoms with E-state index in [9.17, 15) is 0 Å². The first-order chi connectivity index (χ1) is 10.6. The fourth-order valence-electron chi connectivity index (χ4n) is 2.81. The van der Waals surface area contributed by atoms with E-state index in [1.807, 2.05) is 4.68 Å². The van der Waals surface area contributed by atoms with Crippen molar-refractivity contribution in [3.8, 4) is 16.8 Å². The molecule has 0 bridgehead atoms. The van der Waals surface area contributed by atoms with Crippen LogP contribution in [0.4, 0.5) is 0 Å². The SMILES string of the molecule is Cc1ccc(-c2c(C)nn(-c3ccc(CN)cc3)c2C)cc1. The van der Waals surface area contributed by atoms with Gasteiger partial charge in [0.05, 0.1) is 11.4 Å². The van der Waals surface area contributed by atoms with Crippen molar-refractivity contribution >= 4 is 0 Å². The summed E-state index contributed by atoms with van der Waals surface area (Å²) < 4.78 is 2.00. The highest BCUT2D eigenvalue weighted by Gasteiger charge is 2.14. The Labute approximate surface area is 131 Å². The zero-order valence-corrected chi connectivity index (χ0v) is 13.3. The number of nitrogens with two attached hydrogens (primary N) is 1. The molecular formula is C19H21N3. The highest BCUT2D eigenvalue weighted by Crippen LogP contribution is 2.28. The van der Waals surface area contributed by atoms with E-state index in [4.69, 9.17) is 10.8 Å². The third-order valence-electron chi connectivity index (χ3n) is 4.05. The summed E-state index contributed by atoms with van der Waals surface area (Å²) in [5.74, 6) is 0. The average molecular weight is 291 g/mol. The summed E-state index contributed by atoms with van der Waals surface area (Å²) in [5.41, 5.74) is 13.7. The number of hydrogen-bond acceptors (Lipinski definition) is 2. The lowest BCUT2D eigenvalue weighted by Gasteiger charge is -2.07. The average Bonchev–Trinajstić information content (AvgIpc) is 2.83. The van der Waals surface area contributed by atoms with Gasteiger partial charge in [0.25, 0.3) is 0 Å². The Kier molecular flexibility index (Phi) is 3.82. The number of nitrogens with zero attached hydrogens (tertiary/aromatic N) is 2. The first-order valence-corrected chi connectivity index (χ1v) is 7.53. The maximum Gasteiger partial charge on any atom is 0.0679 e. The molecule has 3 heteroatoms. The first kappa shape index (κ1) is 14.5. The molecule has 2 aromatic carbocycles. The molecule has 2 N–H and O–H groups in total. The molecule has 112 valence electrons. The third kappa shape index (κ3) is 2.55. The van der Waals surface area contributed by atoms with Crippen molar-refractivity contribution < 1.29 is 0 Å². The Bertz CT molecular complexity index is 781. The highest BCUT2D eigenvalue weighted by atomic mass is 15.3. The van der Waals surface area contributed by atoms with E-state index in [-0.39, 0.29) is 0 Å². The number of benzene rings is 2. The van der Waals surface area contributed by atoms with Crippen molar-refractivity contribution in [1.29, 1.82) is 0 Å². The molecule has 1 aromatic heterocycles. The van der Waals surface area contributed by atoms with Crippen LogP contribution in [0.15, 0.2) is 48.5 Å². The first-order valence-electron chi connectivity index (χ1n) is 7.53. The summed E-state index contributed by atoms with van der Waals surface area (Å²) in [4.78, 5) is 0. The maximum absolute atomic E-state index is 5.66. The second kappa shape index (κ2) is 5.78. The highest BCUT2D eigenvalue weighted by molar-refractivity contribution is 5.69. The van der Waals surface area contributed by atoms with Gasteiger partial charge in [0.1, 0.15) is 0 Å². The second-order valence-corrected chi connectivity index (χ2v) is 5.69. The zero-order valence-electron chi connectivity index (χ0n) is 13.3. The van der Waals surface area contributed by atoms with Gasteiger partial charge in [0.15, 0.2) is 0 Å². The fraction of sp³-hybridized carbons (Fsp3) is 0.211. The van der Waals surface area contributed by atoms with Crippen molar-refractivity contribution in [3.05, 3.63) is 71.0 Å². The van der Waals surface area contributed by atoms with Crippen LogP contribution in [-0.2, 0) is 6.54 Å². The Hall–Kier alpha value is -2.39. The quantitative estimate of drug-likeness (QED) is 0.794. The molecule has 0 fully saturated rings. The number of aryl methyl sites for hydroxylation is 2. The second-order valence-electron chi connectivity index (χ2n) is 5.69. The van der Waals surface area contributed by atoms with Crippen LogP contribution in [0.3, 0.4) is 0 Å². The van der Waals surface area contributed by atoms with Gasteiger partial charge < -0.3 is 5.73 Å². The van der Waals surface area contributed by atoms with Crippen LogP contribution in [0.25, 0.3) is 16.8 Å². The van der Waals surface area contributed by atoms with Gasteiger partial charge in [-0.2, -0.15) is 5.10 Å². The summed E-state index contributed by atoms with van der Waals surface area (Å²) in [6.07, 6.45) is 0. The standard InChI is InChI=1S/C19H21N3/c1-13-4-8-17(9-5-13)19-14(2)21-22(15(19)3)18-10-6-16(12-20)7-11-18/h4-11H,12,20H2,1-3H3. The van der Waals surface area contributed by atoms with Gasteiger partial charge in [0, 0.05) is 17.8 Å². The topological polar surface area (TPSA) is 43.8 Å². The molecule has 3 rings (SSSR count). The lowest BCUT2D eigenvalue weighted by Crippen LogP contribution is -2.01. The molecular weight excluding hydrogens is 270 g/mol. The monoisotopic (exact) mass is 291 g/mol. The molecule has 0 aliphatic rings.